The molecule has 0 aliphatic carbocycles. The predicted molar refractivity (Wildman–Crippen MR) is 138 cm³/mol. The van der Waals surface area contributed by atoms with Crippen molar-refractivity contribution in [1.82, 2.24) is 15.5 Å². The van der Waals surface area contributed by atoms with Gasteiger partial charge in [-0.1, -0.05) is 29.8 Å². The van der Waals surface area contributed by atoms with Gasteiger partial charge < -0.3 is 20.3 Å². The van der Waals surface area contributed by atoms with Crippen molar-refractivity contribution in [3.8, 4) is 0 Å². The molecule has 2 heterocycles. The zero-order chi connectivity index (χ0) is 21.4. The second-order valence-electron chi connectivity index (χ2n) is 8.35. The zero-order valence-electron chi connectivity index (χ0n) is 18.7. The normalized spacial score (nSPS) is 19.5. The van der Waals surface area contributed by atoms with Gasteiger partial charge in [0.25, 0.3) is 0 Å². The molecule has 2 fully saturated rings. The molecule has 0 spiro atoms. The summed E-state index contributed by atoms with van der Waals surface area (Å²) in [6.07, 6.45) is 4.50. The fourth-order valence-corrected chi connectivity index (χ4v) is 4.87. The molecule has 2 aliphatic heterocycles. The first-order chi connectivity index (χ1) is 14.6. The maximum absolute atomic E-state index is 11.7. The van der Waals surface area contributed by atoms with Gasteiger partial charge in [0, 0.05) is 56.8 Å². The van der Waals surface area contributed by atoms with Crippen molar-refractivity contribution in [3.63, 3.8) is 0 Å². The van der Waals surface area contributed by atoms with Crippen LogP contribution in [0.3, 0.4) is 0 Å². The van der Waals surface area contributed by atoms with Gasteiger partial charge in [0.1, 0.15) is 0 Å². The molecule has 0 bridgehead atoms. The van der Waals surface area contributed by atoms with Gasteiger partial charge in [-0.3, -0.25) is 9.79 Å². The van der Waals surface area contributed by atoms with Crippen LogP contribution >= 0.6 is 35.6 Å². The highest BCUT2D eigenvalue weighted by molar-refractivity contribution is 14.0. The number of nitrogens with one attached hydrogen (secondary N) is 2. The Hall–Kier alpha value is -1.06. The first-order valence-electron chi connectivity index (χ1n) is 11.1. The lowest BCUT2D eigenvalue weighted by atomic mass is 9.74. The average Bonchev–Trinajstić information content (AvgIpc) is 2.78. The van der Waals surface area contributed by atoms with Crippen LogP contribution < -0.4 is 10.6 Å². The average molecular weight is 563 g/mol. The minimum absolute atomic E-state index is 0. The summed E-state index contributed by atoms with van der Waals surface area (Å²) in [7, 11) is 1.71. The third-order valence-electron chi connectivity index (χ3n) is 6.43. The molecule has 1 amide bonds. The number of carbonyl (C=O) groups is 1. The standard InChI is InChI=1S/C23H35ClN4O2.HI/c1-3-26-22(28-12-8-18(9-13-28)16-21(29)25-2)27-17-23(10-14-30-15-11-23)19-6-4-5-7-20(19)24;/h4-7,18H,3,8-17H2,1-2H3,(H,25,29)(H,26,27);1H. The number of benzene rings is 1. The molecule has 2 N–H and O–H groups in total. The van der Waals surface area contributed by atoms with E-state index in [-0.39, 0.29) is 35.3 Å². The number of rotatable bonds is 6. The molecule has 0 radical (unpaired) electrons. The number of piperidine rings is 1. The number of nitrogens with zero attached hydrogens (tertiary/aromatic N) is 2. The summed E-state index contributed by atoms with van der Waals surface area (Å²) in [5.74, 6) is 1.55. The van der Waals surface area contributed by atoms with Gasteiger partial charge in [-0.2, -0.15) is 0 Å². The molecule has 31 heavy (non-hydrogen) atoms. The lowest BCUT2D eigenvalue weighted by molar-refractivity contribution is -0.121. The molecule has 2 aliphatic rings. The Kier molecular flexibility index (Phi) is 10.9. The number of hydrogen-bond donors (Lipinski definition) is 2. The van der Waals surface area contributed by atoms with Crippen LogP contribution in [0.5, 0.6) is 0 Å². The van der Waals surface area contributed by atoms with Crippen molar-refractivity contribution in [2.24, 2.45) is 10.9 Å². The van der Waals surface area contributed by atoms with Gasteiger partial charge >= 0.3 is 0 Å². The molecule has 174 valence electrons. The van der Waals surface area contributed by atoms with Gasteiger partial charge in [-0.15, -0.1) is 24.0 Å². The molecule has 0 unspecified atom stereocenters. The molecule has 1 aromatic carbocycles. The van der Waals surface area contributed by atoms with Gasteiger partial charge in [0.15, 0.2) is 5.96 Å². The highest BCUT2D eigenvalue weighted by Crippen LogP contribution is 2.39. The Morgan fingerprint density at radius 2 is 1.94 bits per heavy atom. The highest BCUT2D eigenvalue weighted by atomic mass is 127. The largest absolute Gasteiger partial charge is 0.381 e. The molecular formula is C23H36ClIN4O2. The third kappa shape index (κ3) is 6.96. The molecule has 0 atom stereocenters. The number of aliphatic imine (C=N–C) groups is 1. The lowest BCUT2D eigenvalue weighted by Crippen LogP contribution is -2.47. The number of likely N-dealkylation sites (tertiary alicyclic amines) is 1. The van der Waals surface area contributed by atoms with E-state index in [1.807, 2.05) is 12.1 Å². The molecule has 1 aromatic rings. The van der Waals surface area contributed by atoms with E-state index in [4.69, 9.17) is 21.3 Å². The lowest BCUT2D eigenvalue weighted by Gasteiger charge is -2.38. The number of halogens is 2. The summed E-state index contributed by atoms with van der Waals surface area (Å²) in [6.45, 7) is 6.96. The van der Waals surface area contributed by atoms with Gasteiger partial charge in [0.05, 0.1) is 6.54 Å². The summed E-state index contributed by atoms with van der Waals surface area (Å²) < 4.78 is 5.66. The monoisotopic (exact) mass is 562 g/mol. The van der Waals surface area contributed by atoms with E-state index in [1.165, 1.54) is 5.56 Å². The summed E-state index contributed by atoms with van der Waals surface area (Å²) in [6, 6.07) is 8.15. The van der Waals surface area contributed by atoms with Crippen LogP contribution in [-0.2, 0) is 14.9 Å². The molecule has 6 nitrogen and oxygen atoms in total. The summed E-state index contributed by atoms with van der Waals surface area (Å²) in [4.78, 5) is 19.1. The predicted octanol–water partition coefficient (Wildman–Crippen LogP) is 3.82. The van der Waals surface area contributed by atoms with Crippen molar-refractivity contribution in [2.75, 3.05) is 46.4 Å². The van der Waals surface area contributed by atoms with Crippen molar-refractivity contribution >= 4 is 47.4 Å². The first-order valence-corrected chi connectivity index (χ1v) is 11.5. The fraction of sp³-hybridized carbons (Fsp3) is 0.652. The minimum Gasteiger partial charge on any atom is -0.381 e. The van der Waals surface area contributed by atoms with Gasteiger partial charge in [-0.25, -0.2) is 0 Å². The van der Waals surface area contributed by atoms with Crippen LogP contribution in [0.15, 0.2) is 29.3 Å². The van der Waals surface area contributed by atoms with E-state index in [2.05, 4.69) is 34.6 Å². The number of carbonyl (C=O) groups excluding carboxylic acids is 1. The van der Waals surface area contributed by atoms with Crippen LogP contribution in [0.4, 0.5) is 0 Å². The maximum Gasteiger partial charge on any atom is 0.220 e. The minimum atomic E-state index is -0.0885. The van der Waals surface area contributed by atoms with Crippen LogP contribution in [-0.4, -0.2) is 63.2 Å². The number of ether oxygens (including phenoxy) is 1. The second-order valence-corrected chi connectivity index (χ2v) is 8.76. The van der Waals surface area contributed by atoms with E-state index in [9.17, 15) is 4.79 Å². The van der Waals surface area contributed by atoms with Crippen LogP contribution in [0, 0.1) is 5.92 Å². The Bertz CT molecular complexity index is 732. The molecule has 3 rings (SSSR count). The zero-order valence-corrected chi connectivity index (χ0v) is 21.7. The van der Waals surface area contributed by atoms with Crippen LogP contribution in [0.1, 0.15) is 44.6 Å². The summed E-state index contributed by atoms with van der Waals surface area (Å²) >= 11 is 6.59. The second kappa shape index (κ2) is 12.8. The van der Waals surface area contributed by atoms with Gasteiger partial charge in [-0.05, 0) is 50.2 Å². The number of amides is 1. The highest BCUT2D eigenvalue weighted by Gasteiger charge is 2.36. The van der Waals surface area contributed by atoms with E-state index in [0.29, 0.717) is 18.9 Å². The van der Waals surface area contributed by atoms with E-state index in [0.717, 1.165) is 69.5 Å². The molecule has 8 heteroatoms. The fourth-order valence-electron chi connectivity index (χ4n) is 4.53. The Balaban J connectivity index is 0.00000341. The molecule has 0 saturated carbocycles. The van der Waals surface area contributed by atoms with E-state index >= 15 is 0 Å². The first kappa shape index (κ1) is 26.2. The van der Waals surface area contributed by atoms with Crippen molar-refractivity contribution in [1.29, 1.82) is 0 Å². The maximum atomic E-state index is 11.7. The SMILES string of the molecule is CCNC(=NCC1(c2ccccc2Cl)CCOCC1)N1CCC(CC(=O)NC)CC1.I. The number of hydrogen-bond acceptors (Lipinski definition) is 3. The quantitative estimate of drug-likeness (QED) is 0.314. The summed E-state index contributed by atoms with van der Waals surface area (Å²) in [5.41, 5.74) is 1.09. The van der Waals surface area contributed by atoms with Crippen molar-refractivity contribution in [2.45, 2.75) is 44.4 Å². The van der Waals surface area contributed by atoms with Crippen LogP contribution in [0.2, 0.25) is 5.02 Å². The smallest absolute Gasteiger partial charge is 0.220 e. The topological polar surface area (TPSA) is 66.0 Å². The van der Waals surface area contributed by atoms with Gasteiger partial charge in [0.2, 0.25) is 5.91 Å². The van der Waals surface area contributed by atoms with Crippen molar-refractivity contribution < 1.29 is 9.53 Å². The molecular weight excluding hydrogens is 527 g/mol. The Morgan fingerprint density at radius 1 is 1.26 bits per heavy atom. The number of guanidine groups is 1. The van der Waals surface area contributed by atoms with Crippen LogP contribution in [0.25, 0.3) is 0 Å². The van der Waals surface area contributed by atoms with Crippen molar-refractivity contribution in [3.05, 3.63) is 34.9 Å². The Morgan fingerprint density at radius 3 is 2.55 bits per heavy atom. The Labute approximate surface area is 208 Å². The summed E-state index contributed by atoms with van der Waals surface area (Å²) in [5, 5.41) is 7.03. The van der Waals surface area contributed by atoms with E-state index < -0.39 is 0 Å². The molecule has 2 saturated heterocycles. The third-order valence-corrected chi connectivity index (χ3v) is 6.76. The molecule has 0 aromatic heterocycles. The van der Waals surface area contributed by atoms with E-state index in [1.54, 1.807) is 7.05 Å².